The molecule has 1 aromatic carbocycles. The molecule has 0 atom stereocenters. The van der Waals surface area contributed by atoms with Crippen LogP contribution in [0.5, 0.6) is 0 Å². The van der Waals surface area contributed by atoms with Gasteiger partial charge in [0.1, 0.15) is 5.69 Å². The monoisotopic (exact) mass is 257 g/mol. The van der Waals surface area contributed by atoms with E-state index in [-0.39, 0.29) is 0 Å². The second-order valence-electron chi connectivity index (χ2n) is 4.92. The van der Waals surface area contributed by atoms with Gasteiger partial charge in [0.15, 0.2) is 5.76 Å². The number of nitrogens with one attached hydrogen (secondary N) is 1. The SMILES string of the molecule is CCN(Cc1cc(-c2ccccc2)no1)C1CNC1. The summed E-state index contributed by atoms with van der Waals surface area (Å²) in [5, 5.41) is 7.46. The molecule has 2 heterocycles. The standard InChI is InChI=1S/C15H19N3O/c1-2-18(13-9-16-10-13)11-14-8-15(17-19-14)12-6-4-3-5-7-12/h3-8,13,16H,2,9-11H2,1H3. The second kappa shape index (κ2) is 5.55. The zero-order chi connectivity index (χ0) is 13.1. The minimum Gasteiger partial charge on any atom is -0.359 e. The number of hydrogen-bond donors (Lipinski definition) is 1. The topological polar surface area (TPSA) is 41.3 Å². The maximum atomic E-state index is 5.46. The van der Waals surface area contributed by atoms with Crippen LogP contribution in [-0.2, 0) is 6.54 Å². The van der Waals surface area contributed by atoms with Crippen molar-refractivity contribution >= 4 is 0 Å². The highest BCUT2D eigenvalue weighted by Gasteiger charge is 2.24. The van der Waals surface area contributed by atoms with Crippen LogP contribution in [0.3, 0.4) is 0 Å². The van der Waals surface area contributed by atoms with E-state index in [1.807, 2.05) is 24.3 Å². The lowest BCUT2D eigenvalue weighted by atomic mass is 10.1. The first-order valence-corrected chi connectivity index (χ1v) is 6.82. The Morgan fingerprint density at radius 1 is 1.32 bits per heavy atom. The molecular weight excluding hydrogens is 238 g/mol. The third-order valence-corrected chi connectivity index (χ3v) is 3.67. The Kier molecular flexibility index (Phi) is 3.62. The molecule has 0 unspecified atom stereocenters. The van der Waals surface area contributed by atoms with Gasteiger partial charge >= 0.3 is 0 Å². The molecule has 0 radical (unpaired) electrons. The molecule has 1 N–H and O–H groups in total. The summed E-state index contributed by atoms with van der Waals surface area (Å²) in [5.74, 6) is 0.938. The molecule has 1 aliphatic heterocycles. The maximum absolute atomic E-state index is 5.46. The normalized spacial score (nSPS) is 15.7. The molecule has 4 heteroatoms. The molecule has 1 fully saturated rings. The highest BCUT2D eigenvalue weighted by atomic mass is 16.5. The van der Waals surface area contributed by atoms with Crippen molar-refractivity contribution in [3.63, 3.8) is 0 Å². The van der Waals surface area contributed by atoms with Crippen LogP contribution in [0.4, 0.5) is 0 Å². The molecule has 0 spiro atoms. The van der Waals surface area contributed by atoms with E-state index in [4.69, 9.17) is 4.52 Å². The zero-order valence-corrected chi connectivity index (χ0v) is 11.2. The molecule has 1 aliphatic rings. The van der Waals surface area contributed by atoms with Gasteiger partial charge in [-0.05, 0) is 6.54 Å². The quantitative estimate of drug-likeness (QED) is 0.891. The van der Waals surface area contributed by atoms with Gasteiger partial charge in [-0.3, -0.25) is 4.90 Å². The molecule has 1 aromatic heterocycles. The number of rotatable bonds is 5. The van der Waals surface area contributed by atoms with Gasteiger partial charge in [0.2, 0.25) is 0 Å². The van der Waals surface area contributed by atoms with E-state index < -0.39 is 0 Å². The molecule has 0 amide bonds. The molecule has 3 rings (SSSR count). The van der Waals surface area contributed by atoms with Crippen LogP contribution < -0.4 is 5.32 Å². The molecule has 19 heavy (non-hydrogen) atoms. The van der Waals surface area contributed by atoms with Crippen LogP contribution in [0.15, 0.2) is 40.9 Å². The van der Waals surface area contributed by atoms with Crippen molar-refractivity contribution < 1.29 is 4.52 Å². The van der Waals surface area contributed by atoms with Crippen LogP contribution in [-0.4, -0.2) is 35.7 Å². The van der Waals surface area contributed by atoms with Gasteiger partial charge in [0.05, 0.1) is 6.54 Å². The van der Waals surface area contributed by atoms with Crippen LogP contribution in [0.25, 0.3) is 11.3 Å². The van der Waals surface area contributed by atoms with Gasteiger partial charge in [-0.25, -0.2) is 0 Å². The molecule has 4 nitrogen and oxygen atoms in total. The summed E-state index contributed by atoms with van der Waals surface area (Å²) in [4.78, 5) is 2.42. The van der Waals surface area contributed by atoms with Crippen LogP contribution in [0, 0.1) is 0 Å². The van der Waals surface area contributed by atoms with Gasteiger partial charge in [-0.2, -0.15) is 0 Å². The average molecular weight is 257 g/mol. The Morgan fingerprint density at radius 3 is 2.74 bits per heavy atom. The zero-order valence-electron chi connectivity index (χ0n) is 11.2. The van der Waals surface area contributed by atoms with Gasteiger partial charge < -0.3 is 9.84 Å². The lowest BCUT2D eigenvalue weighted by Crippen LogP contribution is -2.56. The fourth-order valence-electron chi connectivity index (χ4n) is 2.36. The number of likely N-dealkylation sites (N-methyl/N-ethyl adjacent to an activating group) is 1. The van der Waals surface area contributed by atoms with Gasteiger partial charge in [0.25, 0.3) is 0 Å². The average Bonchev–Trinajstić information content (AvgIpc) is 2.85. The number of nitrogens with zero attached hydrogens (tertiary/aromatic N) is 2. The molecule has 100 valence electrons. The van der Waals surface area contributed by atoms with Crippen LogP contribution in [0.1, 0.15) is 12.7 Å². The maximum Gasteiger partial charge on any atom is 0.151 e. The largest absolute Gasteiger partial charge is 0.359 e. The fraction of sp³-hybridized carbons (Fsp3) is 0.400. The van der Waals surface area contributed by atoms with E-state index in [2.05, 4.69) is 34.4 Å². The Morgan fingerprint density at radius 2 is 2.11 bits per heavy atom. The van der Waals surface area contributed by atoms with Crippen molar-refractivity contribution in [1.82, 2.24) is 15.4 Å². The summed E-state index contributed by atoms with van der Waals surface area (Å²) in [6.45, 7) is 6.21. The fourth-order valence-corrected chi connectivity index (χ4v) is 2.36. The van der Waals surface area contributed by atoms with E-state index in [1.165, 1.54) is 0 Å². The Bertz CT molecular complexity index is 519. The third-order valence-electron chi connectivity index (χ3n) is 3.67. The van der Waals surface area contributed by atoms with Gasteiger partial charge in [-0.1, -0.05) is 42.4 Å². The van der Waals surface area contributed by atoms with E-state index in [0.29, 0.717) is 6.04 Å². The first kappa shape index (κ1) is 12.4. The van der Waals surface area contributed by atoms with Crippen molar-refractivity contribution in [2.75, 3.05) is 19.6 Å². The second-order valence-corrected chi connectivity index (χ2v) is 4.92. The number of benzene rings is 1. The van der Waals surface area contributed by atoms with E-state index >= 15 is 0 Å². The predicted octanol–water partition coefficient (Wildman–Crippen LogP) is 2.14. The lowest BCUT2D eigenvalue weighted by Gasteiger charge is -2.36. The molecule has 0 aliphatic carbocycles. The molecule has 0 saturated carbocycles. The highest BCUT2D eigenvalue weighted by Crippen LogP contribution is 2.20. The number of hydrogen-bond acceptors (Lipinski definition) is 4. The summed E-state index contributed by atoms with van der Waals surface area (Å²) in [7, 11) is 0. The minimum absolute atomic E-state index is 0.635. The third kappa shape index (κ3) is 2.69. The van der Waals surface area contributed by atoms with Crippen molar-refractivity contribution in [3.8, 4) is 11.3 Å². The summed E-state index contributed by atoms with van der Waals surface area (Å²) in [6, 6.07) is 12.8. The highest BCUT2D eigenvalue weighted by molar-refractivity contribution is 5.58. The van der Waals surface area contributed by atoms with Crippen molar-refractivity contribution in [1.29, 1.82) is 0 Å². The van der Waals surface area contributed by atoms with Crippen LogP contribution in [0.2, 0.25) is 0 Å². The van der Waals surface area contributed by atoms with E-state index in [0.717, 1.165) is 43.2 Å². The van der Waals surface area contributed by atoms with Crippen molar-refractivity contribution in [2.24, 2.45) is 0 Å². The molecule has 0 bridgehead atoms. The van der Waals surface area contributed by atoms with Gasteiger partial charge in [-0.15, -0.1) is 0 Å². The molecule has 1 saturated heterocycles. The Balaban J connectivity index is 1.70. The van der Waals surface area contributed by atoms with Crippen molar-refractivity contribution in [3.05, 3.63) is 42.2 Å². The number of aromatic nitrogens is 1. The first-order valence-electron chi connectivity index (χ1n) is 6.82. The minimum atomic E-state index is 0.635. The Labute approximate surface area is 113 Å². The first-order chi connectivity index (χ1) is 9.36. The van der Waals surface area contributed by atoms with E-state index in [1.54, 1.807) is 0 Å². The molecular formula is C15H19N3O. The summed E-state index contributed by atoms with van der Waals surface area (Å²) in [6.07, 6.45) is 0. The van der Waals surface area contributed by atoms with Gasteiger partial charge in [0, 0.05) is 30.8 Å². The summed E-state index contributed by atoms with van der Waals surface area (Å²) >= 11 is 0. The summed E-state index contributed by atoms with van der Waals surface area (Å²) in [5.41, 5.74) is 2.02. The lowest BCUT2D eigenvalue weighted by molar-refractivity contribution is 0.131. The van der Waals surface area contributed by atoms with Crippen molar-refractivity contribution in [2.45, 2.75) is 19.5 Å². The molecule has 2 aromatic rings. The van der Waals surface area contributed by atoms with Crippen LogP contribution >= 0.6 is 0 Å². The predicted molar refractivity (Wildman–Crippen MR) is 74.7 cm³/mol. The summed E-state index contributed by atoms with van der Waals surface area (Å²) < 4.78 is 5.46. The van der Waals surface area contributed by atoms with E-state index in [9.17, 15) is 0 Å². The Hall–Kier alpha value is -1.65. The smallest absolute Gasteiger partial charge is 0.151 e.